The van der Waals surface area contributed by atoms with Crippen LogP contribution >= 0.6 is 11.6 Å². The maximum atomic E-state index is 11.5. The molecule has 0 atom stereocenters. The molecule has 7 nitrogen and oxygen atoms in total. The third-order valence-corrected chi connectivity index (χ3v) is 4.05. The van der Waals surface area contributed by atoms with Crippen molar-refractivity contribution in [2.75, 3.05) is 36.0 Å². The summed E-state index contributed by atoms with van der Waals surface area (Å²) < 4.78 is 25.4. The Morgan fingerprint density at radius 2 is 2.00 bits per heavy atom. The second kappa shape index (κ2) is 8.23. The third-order valence-electron chi connectivity index (χ3n) is 2.30. The van der Waals surface area contributed by atoms with Crippen molar-refractivity contribution >= 4 is 33.4 Å². The summed E-state index contributed by atoms with van der Waals surface area (Å²) in [4.78, 5) is 8.23. The van der Waals surface area contributed by atoms with E-state index in [1.54, 1.807) is 6.92 Å². The van der Waals surface area contributed by atoms with E-state index in [0.29, 0.717) is 23.3 Å². The fourth-order valence-electron chi connectivity index (χ4n) is 1.41. The van der Waals surface area contributed by atoms with Crippen LogP contribution < -0.4 is 15.4 Å². The highest BCUT2D eigenvalue weighted by molar-refractivity contribution is 7.89. The number of hydrogen-bond donors (Lipinski definition) is 3. The molecule has 3 N–H and O–H groups in total. The zero-order valence-corrected chi connectivity index (χ0v) is 13.2. The molecule has 0 saturated carbocycles. The van der Waals surface area contributed by atoms with Crippen molar-refractivity contribution in [2.24, 2.45) is 0 Å². The van der Waals surface area contributed by atoms with Crippen LogP contribution in [0.4, 0.5) is 11.8 Å². The molecule has 0 aromatic carbocycles. The molecule has 0 bridgehead atoms. The molecule has 0 aliphatic heterocycles. The third kappa shape index (κ3) is 5.89. The van der Waals surface area contributed by atoms with E-state index in [1.165, 1.54) is 6.20 Å². The fourth-order valence-corrected chi connectivity index (χ4v) is 2.52. The molecule has 0 radical (unpaired) electrons. The summed E-state index contributed by atoms with van der Waals surface area (Å²) >= 11 is 5.96. The van der Waals surface area contributed by atoms with Gasteiger partial charge in [0.25, 0.3) is 0 Å². The van der Waals surface area contributed by atoms with Gasteiger partial charge in [-0.2, -0.15) is 4.98 Å². The lowest BCUT2D eigenvalue weighted by molar-refractivity contribution is 0.584. The first kappa shape index (κ1) is 16.9. The van der Waals surface area contributed by atoms with Gasteiger partial charge in [0, 0.05) is 19.6 Å². The summed E-state index contributed by atoms with van der Waals surface area (Å²) in [7, 11) is -3.25. The van der Waals surface area contributed by atoms with Gasteiger partial charge < -0.3 is 10.6 Å². The Kier molecular flexibility index (Phi) is 6.97. The average Bonchev–Trinajstić information content (AvgIpc) is 2.39. The predicted molar refractivity (Wildman–Crippen MR) is 81.8 cm³/mol. The van der Waals surface area contributed by atoms with Crippen LogP contribution in [0.3, 0.4) is 0 Å². The Morgan fingerprint density at radius 3 is 2.65 bits per heavy atom. The number of halogens is 1. The molecule has 0 saturated heterocycles. The first-order valence-corrected chi connectivity index (χ1v) is 8.49. The average molecular weight is 322 g/mol. The van der Waals surface area contributed by atoms with Gasteiger partial charge >= 0.3 is 0 Å². The highest BCUT2D eigenvalue weighted by Crippen LogP contribution is 2.19. The van der Waals surface area contributed by atoms with Crippen LogP contribution in [0.25, 0.3) is 0 Å². The largest absolute Gasteiger partial charge is 0.368 e. The van der Waals surface area contributed by atoms with Gasteiger partial charge in [-0.25, -0.2) is 18.1 Å². The van der Waals surface area contributed by atoms with Crippen LogP contribution in [0.1, 0.15) is 20.3 Å². The molecular weight excluding hydrogens is 302 g/mol. The smallest absolute Gasteiger partial charge is 0.224 e. The van der Waals surface area contributed by atoms with Gasteiger partial charge in [-0.1, -0.05) is 25.4 Å². The molecule has 20 heavy (non-hydrogen) atoms. The number of rotatable bonds is 9. The summed E-state index contributed by atoms with van der Waals surface area (Å²) in [5.74, 6) is 0.846. The van der Waals surface area contributed by atoms with Crippen molar-refractivity contribution in [1.82, 2.24) is 14.7 Å². The van der Waals surface area contributed by atoms with Gasteiger partial charge in [0.05, 0.1) is 11.9 Å². The van der Waals surface area contributed by atoms with Gasteiger partial charge in [-0.15, -0.1) is 0 Å². The second-order valence-electron chi connectivity index (χ2n) is 4.06. The Balaban J connectivity index is 2.58. The first-order chi connectivity index (χ1) is 9.48. The van der Waals surface area contributed by atoms with Crippen LogP contribution in [0.15, 0.2) is 6.20 Å². The van der Waals surface area contributed by atoms with E-state index in [-0.39, 0.29) is 12.3 Å². The van der Waals surface area contributed by atoms with E-state index in [1.807, 2.05) is 6.92 Å². The number of nitrogens with zero attached hydrogens (tertiary/aromatic N) is 2. The zero-order valence-electron chi connectivity index (χ0n) is 11.6. The normalized spacial score (nSPS) is 11.3. The molecule has 0 amide bonds. The van der Waals surface area contributed by atoms with Gasteiger partial charge in [0.15, 0.2) is 5.82 Å². The maximum Gasteiger partial charge on any atom is 0.224 e. The van der Waals surface area contributed by atoms with Crippen LogP contribution in [-0.2, 0) is 10.0 Å². The molecule has 114 valence electrons. The molecular formula is C11H20ClN5O2S. The molecule has 0 aliphatic carbocycles. The van der Waals surface area contributed by atoms with Crippen LogP contribution in [0.5, 0.6) is 0 Å². The molecule has 1 rings (SSSR count). The first-order valence-electron chi connectivity index (χ1n) is 6.46. The minimum absolute atomic E-state index is 0.0428. The summed E-state index contributed by atoms with van der Waals surface area (Å²) in [6.45, 7) is 5.13. The molecule has 0 fully saturated rings. The van der Waals surface area contributed by atoms with Crippen LogP contribution in [-0.4, -0.2) is 43.8 Å². The Labute approximate surface area is 124 Å². The maximum absolute atomic E-state index is 11.5. The highest BCUT2D eigenvalue weighted by atomic mass is 35.5. The molecule has 0 spiro atoms. The van der Waals surface area contributed by atoms with Crippen molar-refractivity contribution in [2.45, 2.75) is 20.3 Å². The van der Waals surface area contributed by atoms with E-state index < -0.39 is 10.0 Å². The molecule has 9 heteroatoms. The van der Waals surface area contributed by atoms with E-state index in [9.17, 15) is 8.42 Å². The summed E-state index contributed by atoms with van der Waals surface area (Å²) in [6, 6.07) is 0. The Morgan fingerprint density at radius 1 is 1.25 bits per heavy atom. The van der Waals surface area contributed by atoms with E-state index in [0.717, 1.165) is 13.0 Å². The minimum Gasteiger partial charge on any atom is -0.368 e. The minimum atomic E-state index is -3.25. The van der Waals surface area contributed by atoms with Crippen LogP contribution in [0.2, 0.25) is 5.02 Å². The lowest BCUT2D eigenvalue weighted by Gasteiger charge is -2.10. The lowest BCUT2D eigenvalue weighted by atomic mass is 10.5. The Hall–Kier alpha value is -1.12. The quantitative estimate of drug-likeness (QED) is 0.634. The monoisotopic (exact) mass is 321 g/mol. The van der Waals surface area contributed by atoms with Gasteiger partial charge in [0.1, 0.15) is 5.02 Å². The standard InChI is InChI=1S/C11H20ClN5O2S/c1-3-5-14-11-15-8-9(12)10(17-11)13-6-7-20(18,19)16-4-2/h8,16H,3-7H2,1-2H3,(H2,13,14,15,17). The van der Waals surface area contributed by atoms with Crippen LogP contribution in [0, 0.1) is 0 Å². The van der Waals surface area contributed by atoms with E-state index in [4.69, 9.17) is 11.6 Å². The zero-order chi connectivity index (χ0) is 15.0. The van der Waals surface area contributed by atoms with Crippen molar-refractivity contribution < 1.29 is 8.42 Å². The molecule has 0 unspecified atom stereocenters. The van der Waals surface area contributed by atoms with Crippen molar-refractivity contribution in [3.63, 3.8) is 0 Å². The summed E-state index contributed by atoms with van der Waals surface area (Å²) in [6.07, 6.45) is 2.43. The molecule has 1 aromatic heterocycles. The molecule has 1 heterocycles. The van der Waals surface area contributed by atoms with Crippen molar-refractivity contribution in [1.29, 1.82) is 0 Å². The molecule has 1 aromatic rings. The van der Waals surface area contributed by atoms with Gasteiger partial charge in [-0.05, 0) is 6.42 Å². The molecule has 0 aliphatic rings. The van der Waals surface area contributed by atoms with Crippen molar-refractivity contribution in [3.05, 3.63) is 11.2 Å². The number of anilines is 2. The van der Waals surface area contributed by atoms with E-state index >= 15 is 0 Å². The topological polar surface area (TPSA) is 96.0 Å². The SMILES string of the molecule is CCCNc1ncc(Cl)c(NCCS(=O)(=O)NCC)n1. The van der Waals surface area contributed by atoms with Gasteiger partial charge in [0.2, 0.25) is 16.0 Å². The van der Waals surface area contributed by atoms with Gasteiger partial charge in [-0.3, -0.25) is 0 Å². The number of sulfonamides is 1. The summed E-state index contributed by atoms with van der Waals surface area (Å²) in [5, 5.41) is 6.29. The highest BCUT2D eigenvalue weighted by Gasteiger charge is 2.09. The fraction of sp³-hybridized carbons (Fsp3) is 0.636. The lowest BCUT2D eigenvalue weighted by Crippen LogP contribution is -2.29. The van der Waals surface area contributed by atoms with Crippen molar-refractivity contribution in [3.8, 4) is 0 Å². The number of nitrogens with one attached hydrogen (secondary N) is 3. The predicted octanol–water partition coefficient (Wildman–Crippen LogP) is 1.30. The number of aromatic nitrogens is 2. The number of hydrogen-bond acceptors (Lipinski definition) is 6. The second-order valence-corrected chi connectivity index (χ2v) is 6.39. The van der Waals surface area contributed by atoms with E-state index in [2.05, 4.69) is 25.3 Å². The summed E-state index contributed by atoms with van der Waals surface area (Å²) in [5.41, 5.74) is 0. The Bertz CT molecular complexity index is 524.